The molecule has 3 aliphatic rings. The van der Waals surface area contributed by atoms with Crippen LogP contribution in [0.5, 0.6) is 0 Å². The number of allylic oxidation sites excluding steroid dienone is 2. The number of ether oxygens (including phenoxy) is 1. The molecule has 6 rings (SSSR count). The number of ketones is 1. The molecule has 1 aliphatic carbocycles. The van der Waals surface area contributed by atoms with Gasteiger partial charge in [0, 0.05) is 50.5 Å². The molecule has 2 N–H and O–H groups in total. The quantitative estimate of drug-likeness (QED) is 0.295. The number of methoxy groups -OCH3 is 1. The molecule has 0 radical (unpaired) electrons. The van der Waals surface area contributed by atoms with Crippen LogP contribution in [0.2, 0.25) is 0 Å². The number of hydrogen-bond acceptors (Lipinski definition) is 5. The van der Waals surface area contributed by atoms with Crippen LogP contribution in [-0.2, 0) is 16.0 Å². The summed E-state index contributed by atoms with van der Waals surface area (Å²) in [7, 11) is 1.32. The number of aromatic amines is 2. The van der Waals surface area contributed by atoms with Crippen LogP contribution in [0.15, 0.2) is 24.8 Å². The Kier molecular flexibility index (Phi) is 5.72. The zero-order chi connectivity index (χ0) is 27.7. The first-order valence-electron chi connectivity index (χ1n) is 13.4. The van der Waals surface area contributed by atoms with E-state index in [4.69, 9.17) is 14.7 Å². The number of hydrogen-bond donors (Lipinski definition) is 2. The molecule has 0 amide bonds. The van der Waals surface area contributed by atoms with E-state index in [1.807, 2.05) is 19.1 Å². The van der Waals surface area contributed by atoms with Crippen LogP contribution in [-0.4, -0.2) is 38.8 Å². The van der Waals surface area contributed by atoms with Gasteiger partial charge in [0.2, 0.25) is 0 Å². The molecule has 39 heavy (non-hydrogen) atoms. The van der Waals surface area contributed by atoms with E-state index in [1.54, 1.807) is 0 Å². The van der Waals surface area contributed by atoms with Crippen LogP contribution >= 0.6 is 0 Å². The zero-order valence-corrected chi connectivity index (χ0v) is 23.2. The summed E-state index contributed by atoms with van der Waals surface area (Å²) >= 11 is 0. The molecule has 2 atom stereocenters. The fraction of sp³-hybridized carbons (Fsp3) is 0.312. The predicted octanol–water partition coefficient (Wildman–Crippen LogP) is 6.71. The average Bonchev–Trinajstić information content (AvgIpc) is 3.66. The molecule has 3 aromatic rings. The van der Waals surface area contributed by atoms with Gasteiger partial charge >= 0.3 is 5.97 Å². The minimum Gasteiger partial charge on any atom is -0.468 e. The van der Waals surface area contributed by atoms with Crippen molar-refractivity contribution in [3.8, 4) is 0 Å². The van der Waals surface area contributed by atoms with Crippen molar-refractivity contribution in [1.29, 1.82) is 0 Å². The highest BCUT2D eigenvalue weighted by molar-refractivity contribution is 6.23. The lowest BCUT2D eigenvalue weighted by molar-refractivity contribution is -0.141. The van der Waals surface area contributed by atoms with Gasteiger partial charge in [0.15, 0.2) is 5.78 Å². The Morgan fingerprint density at radius 2 is 1.79 bits per heavy atom. The van der Waals surface area contributed by atoms with Crippen LogP contribution in [0.25, 0.3) is 39.3 Å². The van der Waals surface area contributed by atoms with Gasteiger partial charge < -0.3 is 14.7 Å². The van der Waals surface area contributed by atoms with E-state index in [-0.39, 0.29) is 11.7 Å². The highest BCUT2D eigenvalue weighted by Gasteiger charge is 2.43. The first kappa shape index (κ1) is 25.0. The number of rotatable bonds is 3. The van der Waals surface area contributed by atoms with Gasteiger partial charge in [-0.25, -0.2) is 4.98 Å². The second kappa shape index (κ2) is 8.90. The minimum absolute atomic E-state index is 0.110. The van der Waals surface area contributed by atoms with Gasteiger partial charge in [-0.05, 0) is 74.1 Å². The van der Waals surface area contributed by atoms with Crippen LogP contribution in [0, 0.1) is 13.8 Å². The zero-order valence-electron chi connectivity index (χ0n) is 23.2. The van der Waals surface area contributed by atoms with E-state index in [2.05, 4.69) is 56.4 Å². The molecule has 198 valence electrons. The van der Waals surface area contributed by atoms with Crippen molar-refractivity contribution in [2.24, 2.45) is 0 Å². The molecule has 5 heterocycles. The number of H-pyrrole nitrogens is 2. The maximum Gasteiger partial charge on any atom is 0.321 e. The van der Waals surface area contributed by atoms with Crippen molar-refractivity contribution in [3.63, 3.8) is 0 Å². The van der Waals surface area contributed by atoms with Crippen molar-refractivity contribution in [2.45, 2.75) is 59.3 Å². The number of aromatic nitrogens is 4. The second-order valence-electron chi connectivity index (χ2n) is 10.7. The van der Waals surface area contributed by atoms with E-state index in [9.17, 15) is 9.59 Å². The van der Waals surface area contributed by atoms with Crippen molar-refractivity contribution >= 4 is 51.0 Å². The highest BCUT2D eigenvalue weighted by atomic mass is 16.5. The topological polar surface area (TPSA) is 101 Å². The SMILES string of the molecule is C=Cc1c(C)c2cc3nc(c4c5[nH]c(cc6nc(cc1[nH]2)C(C)=C6CC)c(C)c5C(=O)C4C(=O)OC)CC3C. The molecule has 0 saturated heterocycles. The van der Waals surface area contributed by atoms with Crippen LogP contribution in [0.1, 0.15) is 94.4 Å². The van der Waals surface area contributed by atoms with E-state index in [0.717, 1.165) is 73.6 Å². The molecular weight excluding hydrogens is 488 g/mol. The van der Waals surface area contributed by atoms with Gasteiger partial charge in [-0.15, -0.1) is 0 Å². The third-order valence-electron chi connectivity index (χ3n) is 8.54. The van der Waals surface area contributed by atoms with Crippen molar-refractivity contribution in [1.82, 2.24) is 19.9 Å². The maximum atomic E-state index is 13.7. The van der Waals surface area contributed by atoms with Crippen molar-refractivity contribution in [2.75, 3.05) is 7.11 Å². The Bertz CT molecular complexity index is 1820. The Hall–Kier alpha value is -4.26. The number of nitrogens with zero attached hydrogens (tertiary/aromatic N) is 2. The van der Waals surface area contributed by atoms with Gasteiger partial charge in [0.25, 0.3) is 0 Å². The summed E-state index contributed by atoms with van der Waals surface area (Å²) in [5.74, 6) is -1.72. The number of carbonyl (C=O) groups is 2. The summed E-state index contributed by atoms with van der Waals surface area (Å²) < 4.78 is 5.09. The minimum atomic E-state index is -1.02. The monoisotopic (exact) mass is 520 g/mol. The fourth-order valence-corrected chi connectivity index (χ4v) is 6.32. The molecular formula is C32H32N4O3. The molecule has 8 bridgehead atoms. The smallest absolute Gasteiger partial charge is 0.321 e. The standard InChI is InChI=1S/C32H32N4O3/c1-8-18-15(4)21-11-20-14(3)10-26(33-20)28-29(32(38)39-7)31(37)27-17(6)23(36-30(27)28)13-25-19(9-2)16(5)22(35-25)12-24(18)34-21/h8,11-14,29,34,36H,1,9-10H2,2-7H3. The summed E-state index contributed by atoms with van der Waals surface area (Å²) in [6.07, 6.45) is 3.32. The number of aryl methyl sites for hydroxylation is 2. The molecule has 0 spiro atoms. The fourth-order valence-electron chi connectivity index (χ4n) is 6.32. The average molecular weight is 521 g/mol. The van der Waals surface area contributed by atoms with E-state index >= 15 is 0 Å². The molecule has 0 aromatic carbocycles. The molecule has 7 heteroatoms. The lowest BCUT2D eigenvalue weighted by atomic mass is 9.95. The van der Waals surface area contributed by atoms with Gasteiger partial charge in [0.1, 0.15) is 5.92 Å². The third kappa shape index (κ3) is 3.56. The highest BCUT2D eigenvalue weighted by Crippen LogP contribution is 2.42. The Labute approximate surface area is 227 Å². The van der Waals surface area contributed by atoms with Gasteiger partial charge in [0.05, 0.1) is 24.0 Å². The van der Waals surface area contributed by atoms with E-state index in [1.165, 1.54) is 7.11 Å². The van der Waals surface area contributed by atoms with E-state index < -0.39 is 11.9 Å². The van der Waals surface area contributed by atoms with Crippen LogP contribution in [0.3, 0.4) is 0 Å². The van der Waals surface area contributed by atoms with Crippen LogP contribution < -0.4 is 0 Å². The lowest BCUT2D eigenvalue weighted by Crippen LogP contribution is -2.20. The molecule has 0 fully saturated rings. The predicted molar refractivity (Wildman–Crippen MR) is 155 cm³/mol. The second-order valence-corrected chi connectivity index (χ2v) is 10.7. The maximum absolute atomic E-state index is 13.7. The largest absolute Gasteiger partial charge is 0.468 e. The molecule has 7 nitrogen and oxygen atoms in total. The summed E-state index contributed by atoms with van der Waals surface area (Å²) in [6, 6.07) is 6.18. The van der Waals surface area contributed by atoms with E-state index in [0.29, 0.717) is 23.1 Å². The third-order valence-corrected chi connectivity index (χ3v) is 8.54. The molecule has 0 saturated carbocycles. The first-order chi connectivity index (χ1) is 18.7. The van der Waals surface area contributed by atoms with Gasteiger partial charge in [-0.1, -0.05) is 26.5 Å². The van der Waals surface area contributed by atoms with Gasteiger partial charge in [-0.2, -0.15) is 0 Å². The van der Waals surface area contributed by atoms with Gasteiger partial charge in [-0.3, -0.25) is 14.6 Å². The first-order valence-corrected chi connectivity index (χ1v) is 13.4. The summed E-state index contributed by atoms with van der Waals surface area (Å²) in [4.78, 5) is 43.7. The normalized spacial score (nSPS) is 18.2. The molecule has 2 aliphatic heterocycles. The summed E-state index contributed by atoms with van der Waals surface area (Å²) in [5.41, 5.74) is 13.2. The number of esters is 1. The molecule has 3 aromatic heterocycles. The molecule has 2 unspecified atom stereocenters. The number of Topliss-reactive ketones (excluding diaryl/α,β-unsaturated/α-hetero) is 1. The Morgan fingerprint density at radius 3 is 2.49 bits per heavy atom. The van der Waals surface area contributed by atoms with Crippen LogP contribution in [0.4, 0.5) is 0 Å². The lowest BCUT2D eigenvalue weighted by Gasteiger charge is -2.10. The van der Waals surface area contributed by atoms with Crippen molar-refractivity contribution < 1.29 is 14.3 Å². The summed E-state index contributed by atoms with van der Waals surface area (Å²) in [5, 5.41) is 0. The Balaban J connectivity index is 1.82. The number of nitrogens with one attached hydrogen (secondary N) is 2. The summed E-state index contributed by atoms with van der Waals surface area (Å²) in [6.45, 7) is 14.4. The van der Waals surface area contributed by atoms with Crippen molar-refractivity contribution in [3.05, 3.63) is 75.4 Å². The Morgan fingerprint density at radius 1 is 1.08 bits per heavy atom. The number of fused-ring (bicyclic) bond motifs is 8. The number of carbonyl (C=O) groups excluding carboxylic acids is 2.